The third kappa shape index (κ3) is 2.32. The lowest BCUT2D eigenvalue weighted by Crippen LogP contribution is -2.03. The van der Waals surface area contributed by atoms with Gasteiger partial charge in [0.2, 0.25) is 0 Å². The van der Waals surface area contributed by atoms with Crippen molar-refractivity contribution in [1.29, 1.82) is 0 Å². The Bertz CT molecular complexity index is 307. The molecular weight excluding hydrogens is 174 g/mol. The highest BCUT2D eigenvalue weighted by Crippen LogP contribution is 2.35. The molecule has 0 bridgehead atoms. The first-order valence-corrected chi connectivity index (χ1v) is 5.37. The summed E-state index contributed by atoms with van der Waals surface area (Å²) in [5, 5.41) is 9.92. The summed E-state index contributed by atoms with van der Waals surface area (Å²) in [6.45, 7) is 2.00. The zero-order valence-corrected chi connectivity index (χ0v) is 8.61. The summed E-state index contributed by atoms with van der Waals surface area (Å²) in [7, 11) is 0. The van der Waals surface area contributed by atoms with Crippen molar-refractivity contribution in [2.75, 3.05) is 0 Å². The van der Waals surface area contributed by atoms with Crippen LogP contribution < -0.4 is 0 Å². The van der Waals surface area contributed by atoms with E-state index in [-0.39, 0.29) is 6.10 Å². The normalized spacial score (nSPS) is 18.1. The zero-order valence-electron chi connectivity index (χ0n) is 8.61. The lowest BCUT2D eigenvalue weighted by molar-refractivity contribution is 0.157. The summed E-state index contributed by atoms with van der Waals surface area (Å²) in [5.41, 5.74) is 1.95. The largest absolute Gasteiger partial charge is 0.387 e. The van der Waals surface area contributed by atoms with Gasteiger partial charge in [-0.1, -0.05) is 18.9 Å². The van der Waals surface area contributed by atoms with Crippen LogP contribution in [-0.4, -0.2) is 10.1 Å². The van der Waals surface area contributed by atoms with E-state index in [1.807, 2.05) is 19.1 Å². The SMILES string of the molecule is Cc1cccnc1C(O)CCC1CC1. The number of aliphatic hydroxyl groups is 1. The molecule has 2 heteroatoms. The van der Waals surface area contributed by atoms with Crippen LogP contribution in [0.4, 0.5) is 0 Å². The van der Waals surface area contributed by atoms with E-state index < -0.39 is 0 Å². The molecule has 1 aromatic heterocycles. The first-order valence-electron chi connectivity index (χ1n) is 5.37. The summed E-state index contributed by atoms with van der Waals surface area (Å²) in [5.74, 6) is 0.883. The van der Waals surface area contributed by atoms with Gasteiger partial charge >= 0.3 is 0 Å². The maximum atomic E-state index is 9.92. The van der Waals surface area contributed by atoms with Crippen molar-refractivity contribution in [3.8, 4) is 0 Å². The monoisotopic (exact) mass is 191 g/mol. The number of hydrogen-bond donors (Lipinski definition) is 1. The predicted octanol–water partition coefficient (Wildman–Crippen LogP) is 2.61. The van der Waals surface area contributed by atoms with Crippen molar-refractivity contribution in [3.63, 3.8) is 0 Å². The van der Waals surface area contributed by atoms with Crippen LogP contribution in [-0.2, 0) is 0 Å². The van der Waals surface area contributed by atoms with Gasteiger partial charge in [-0.2, -0.15) is 0 Å². The molecule has 76 valence electrons. The van der Waals surface area contributed by atoms with E-state index in [1.54, 1.807) is 6.20 Å². The number of nitrogens with zero attached hydrogens (tertiary/aromatic N) is 1. The topological polar surface area (TPSA) is 33.1 Å². The van der Waals surface area contributed by atoms with Crippen molar-refractivity contribution in [3.05, 3.63) is 29.6 Å². The predicted molar refractivity (Wildman–Crippen MR) is 55.9 cm³/mol. The minimum Gasteiger partial charge on any atom is -0.387 e. The molecule has 14 heavy (non-hydrogen) atoms. The first-order chi connectivity index (χ1) is 6.77. The number of hydrogen-bond acceptors (Lipinski definition) is 2. The Morgan fingerprint density at radius 1 is 1.57 bits per heavy atom. The minimum atomic E-state index is -0.364. The Balaban J connectivity index is 1.95. The van der Waals surface area contributed by atoms with E-state index in [4.69, 9.17) is 0 Å². The van der Waals surface area contributed by atoms with E-state index in [9.17, 15) is 5.11 Å². The molecule has 0 radical (unpaired) electrons. The van der Waals surface area contributed by atoms with Gasteiger partial charge in [-0.3, -0.25) is 4.98 Å². The van der Waals surface area contributed by atoms with E-state index in [1.165, 1.54) is 12.8 Å². The van der Waals surface area contributed by atoms with Gasteiger partial charge in [0.05, 0.1) is 11.8 Å². The van der Waals surface area contributed by atoms with E-state index in [0.29, 0.717) is 0 Å². The van der Waals surface area contributed by atoms with Crippen LogP contribution in [0.3, 0.4) is 0 Å². The average Bonchev–Trinajstić information content (AvgIpc) is 2.98. The molecule has 1 heterocycles. The molecule has 0 amide bonds. The fourth-order valence-electron chi connectivity index (χ4n) is 1.78. The molecule has 1 atom stereocenters. The average molecular weight is 191 g/mol. The zero-order chi connectivity index (χ0) is 9.97. The second-order valence-electron chi connectivity index (χ2n) is 4.24. The van der Waals surface area contributed by atoms with E-state index >= 15 is 0 Å². The highest BCUT2D eigenvalue weighted by molar-refractivity contribution is 5.19. The summed E-state index contributed by atoms with van der Waals surface area (Å²) in [6.07, 6.45) is 6.11. The standard InChI is InChI=1S/C12H17NO/c1-9-3-2-8-13-12(9)11(14)7-6-10-4-5-10/h2-3,8,10-11,14H,4-7H2,1H3. The summed E-state index contributed by atoms with van der Waals surface area (Å²) >= 11 is 0. The molecule has 1 aromatic rings. The Hall–Kier alpha value is -0.890. The van der Waals surface area contributed by atoms with Gasteiger partial charge in [0.1, 0.15) is 0 Å². The van der Waals surface area contributed by atoms with Crippen LogP contribution in [0.25, 0.3) is 0 Å². The van der Waals surface area contributed by atoms with Gasteiger partial charge < -0.3 is 5.11 Å². The third-order valence-corrected chi connectivity index (χ3v) is 2.91. The van der Waals surface area contributed by atoms with Crippen LogP contribution >= 0.6 is 0 Å². The van der Waals surface area contributed by atoms with Gasteiger partial charge in [0, 0.05) is 6.20 Å². The fourth-order valence-corrected chi connectivity index (χ4v) is 1.78. The van der Waals surface area contributed by atoms with Gasteiger partial charge in [0.25, 0.3) is 0 Å². The van der Waals surface area contributed by atoms with Gasteiger partial charge in [-0.25, -0.2) is 0 Å². The van der Waals surface area contributed by atoms with Crippen molar-refractivity contribution < 1.29 is 5.11 Å². The van der Waals surface area contributed by atoms with Crippen LogP contribution in [0, 0.1) is 12.8 Å². The van der Waals surface area contributed by atoms with Gasteiger partial charge in [-0.15, -0.1) is 0 Å². The quantitative estimate of drug-likeness (QED) is 0.793. The van der Waals surface area contributed by atoms with Gasteiger partial charge in [0.15, 0.2) is 0 Å². The summed E-state index contributed by atoms with van der Waals surface area (Å²) < 4.78 is 0. The van der Waals surface area contributed by atoms with Crippen LogP contribution in [0.2, 0.25) is 0 Å². The van der Waals surface area contributed by atoms with Crippen LogP contribution in [0.15, 0.2) is 18.3 Å². The molecule has 0 saturated heterocycles. The molecule has 0 aliphatic heterocycles. The molecule has 1 saturated carbocycles. The maximum absolute atomic E-state index is 9.92. The van der Waals surface area contributed by atoms with E-state index in [0.717, 1.165) is 30.0 Å². The van der Waals surface area contributed by atoms with Crippen LogP contribution in [0.5, 0.6) is 0 Å². The van der Waals surface area contributed by atoms with Crippen molar-refractivity contribution >= 4 is 0 Å². The summed E-state index contributed by atoms with van der Waals surface area (Å²) in [6, 6.07) is 3.91. The smallest absolute Gasteiger partial charge is 0.0962 e. The molecule has 2 rings (SSSR count). The van der Waals surface area contributed by atoms with Crippen molar-refractivity contribution in [2.45, 2.75) is 38.7 Å². The number of aromatic nitrogens is 1. The maximum Gasteiger partial charge on any atom is 0.0962 e. The first kappa shape index (κ1) is 9.66. The molecule has 1 N–H and O–H groups in total. The Labute approximate surface area is 85.0 Å². The molecular formula is C12H17NO. The fraction of sp³-hybridized carbons (Fsp3) is 0.583. The number of aryl methyl sites for hydroxylation is 1. The van der Waals surface area contributed by atoms with Crippen molar-refractivity contribution in [1.82, 2.24) is 4.98 Å². The molecule has 2 nitrogen and oxygen atoms in total. The molecule has 1 aliphatic carbocycles. The highest BCUT2D eigenvalue weighted by Gasteiger charge is 2.23. The lowest BCUT2D eigenvalue weighted by Gasteiger charge is -2.11. The Morgan fingerprint density at radius 2 is 2.36 bits per heavy atom. The number of rotatable bonds is 4. The van der Waals surface area contributed by atoms with Crippen molar-refractivity contribution in [2.24, 2.45) is 5.92 Å². The second kappa shape index (κ2) is 4.09. The lowest BCUT2D eigenvalue weighted by atomic mass is 10.0. The van der Waals surface area contributed by atoms with Crippen LogP contribution in [0.1, 0.15) is 43.0 Å². The summed E-state index contributed by atoms with van der Waals surface area (Å²) in [4.78, 5) is 4.23. The molecule has 1 fully saturated rings. The minimum absolute atomic E-state index is 0.364. The van der Waals surface area contributed by atoms with E-state index in [2.05, 4.69) is 4.98 Å². The Kier molecular flexibility index (Phi) is 2.82. The van der Waals surface area contributed by atoms with Gasteiger partial charge in [-0.05, 0) is 37.3 Å². The molecule has 1 unspecified atom stereocenters. The number of pyridine rings is 1. The highest BCUT2D eigenvalue weighted by atomic mass is 16.3. The number of aliphatic hydroxyl groups excluding tert-OH is 1. The second-order valence-corrected chi connectivity index (χ2v) is 4.24. The molecule has 0 aromatic carbocycles. The third-order valence-electron chi connectivity index (χ3n) is 2.91. The molecule has 0 spiro atoms. The Morgan fingerprint density at radius 3 is 3.00 bits per heavy atom. The molecule has 1 aliphatic rings.